The highest BCUT2D eigenvalue weighted by Gasteiger charge is 2.28. The molecule has 3 heterocycles. The Morgan fingerprint density at radius 3 is 2.58 bits per heavy atom. The van der Waals surface area contributed by atoms with E-state index in [0.29, 0.717) is 24.6 Å². The van der Waals surface area contributed by atoms with E-state index in [9.17, 15) is 9.59 Å². The van der Waals surface area contributed by atoms with Gasteiger partial charge in [-0.3, -0.25) is 14.6 Å². The number of amides is 2. The van der Waals surface area contributed by atoms with Crippen LogP contribution in [0.2, 0.25) is 0 Å². The lowest BCUT2D eigenvalue weighted by molar-refractivity contribution is 0.0903. The van der Waals surface area contributed by atoms with E-state index in [2.05, 4.69) is 20.6 Å². The topological polar surface area (TPSA) is 88.9 Å². The Bertz CT molecular complexity index is 805. The van der Waals surface area contributed by atoms with Crippen LogP contribution >= 0.6 is 0 Å². The lowest BCUT2D eigenvalue weighted by Gasteiger charge is -2.22. The summed E-state index contributed by atoms with van der Waals surface area (Å²) in [5.74, 6) is -0.167. The van der Waals surface area contributed by atoms with Crippen molar-refractivity contribution in [1.29, 1.82) is 0 Å². The zero-order valence-corrected chi connectivity index (χ0v) is 15.5. The third kappa shape index (κ3) is 4.09. The van der Waals surface area contributed by atoms with Crippen molar-refractivity contribution >= 4 is 11.8 Å². The highest BCUT2D eigenvalue weighted by Crippen LogP contribution is 2.21. The van der Waals surface area contributed by atoms with Crippen LogP contribution in [0.4, 0.5) is 0 Å². The van der Waals surface area contributed by atoms with Gasteiger partial charge in [0.15, 0.2) is 5.82 Å². The summed E-state index contributed by atoms with van der Waals surface area (Å²) in [6.45, 7) is 6.89. The highest BCUT2D eigenvalue weighted by atomic mass is 16.2. The number of carbonyl (C=O) groups excluding carboxylic acids is 2. The first-order chi connectivity index (χ1) is 12.3. The number of imidazole rings is 1. The number of hydrogen-bond donors (Lipinski definition) is 2. The van der Waals surface area contributed by atoms with Gasteiger partial charge < -0.3 is 15.2 Å². The maximum absolute atomic E-state index is 12.7. The van der Waals surface area contributed by atoms with Crippen LogP contribution in [0, 0.1) is 0 Å². The van der Waals surface area contributed by atoms with Gasteiger partial charge in [0.25, 0.3) is 11.8 Å². The Morgan fingerprint density at radius 2 is 1.88 bits per heavy atom. The lowest BCUT2D eigenvalue weighted by atomic mass is 10.1. The summed E-state index contributed by atoms with van der Waals surface area (Å²) in [6.07, 6.45) is 6.12. The first-order valence-corrected chi connectivity index (χ1v) is 8.94. The largest absolute Gasteiger partial charge is 0.347 e. The number of nitrogens with zero attached hydrogens (tertiary/aromatic N) is 3. The van der Waals surface area contributed by atoms with Gasteiger partial charge in [-0.05, 0) is 57.7 Å². The Labute approximate surface area is 153 Å². The van der Waals surface area contributed by atoms with Gasteiger partial charge in [-0.1, -0.05) is 0 Å². The maximum Gasteiger partial charge on any atom is 0.287 e. The first-order valence-electron chi connectivity index (χ1n) is 8.94. The second-order valence-electron chi connectivity index (χ2n) is 7.58. The maximum atomic E-state index is 12.7. The summed E-state index contributed by atoms with van der Waals surface area (Å²) in [6, 6.07) is 3.70. The van der Waals surface area contributed by atoms with Crippen LogP contribution in [0.15, 0.2) is 24.5 Å². The second-order valence-corrected chi connectivity index (χ2v) is 7.58. The van der Waals surface area contributed by atoms with Crippen LogP contribution in [-0.2, 0) is 19.5 Å². The molecule has 0 spiro atoms. The summed E-state index contributed by atoms with van der Waals surface area (Å²) >= 11 is 0. The minimum Gasteiger partial charge on any atom is -0.347 e. The summed E-state index contributed by atoms with van der Waals surface area (Å²) < 4.78 is 1.89. The first kappa shape index (κ1) is 18.1. The van der Waals surface area contributed by atoms with E-state index in [-0.39, 0.29) is 17.4 Å². The SMILES string of the molecule is CC(C)(C)NC(=O)c1nc(C(=O)NCc2ccncc2)c2n1CCCC2. The van der Waals surface area contributed by atoms with Gasteiger partial charge in [-0.15, -0.1) is 0 Å². The van der Waals surface area contributed by atoms with Crippen LogP contribution in [0.3, 0.4) is 0 Å². The Morgan fingerprint density at radius 1 is 1.15 bits per heavy atom. The number of hydrogen-bond acceptors (Lipinski definition) is 4. The molecule has 0 radical (unpaired) electrons. The molecule has 2 amide bonds. The smallest absolute Gasteiger partial charge is 0.287 e. The van der Waals surface area contributed by atoms with Gasteiger partial charge in [0.05, 0.1) is 5.69 Å². The molecule has 0 saturated carbocycles. The number of carbonyl (C=O) groups is 2. The van der Waals surface area contributed by atoms with E-state index in [4.69, 9.17) is 0 Å². The summed E-state index contributed by atoms with van der Waals surface area (Å²) in [5.41, 5.74) is 1.81. The molecule has 26 heavy (non-hydrogen) atoms. The van der Waals surface area contributed by atoms with E-state index < -0.39 is 0 Å². The molecular weight excluding hydrogens is 330 g/mol. The fourth-order valence-corrected chi connectivity index (χ4v) is 3.06. The molecule has 2 N–H and O–H groups in total. The van der Waals surface area contributed by atoms with Crippen molar-refractivity contribution in [2.75, 3.05) is 0 Å². The molecule has 1 aliphatic rings. The van der Waals surface area contributed by atoms with Gasteiger partial charge in [-0.2, -0.15) is 0 Å². The average molecular weight is 355 g/mol. The third-order valence-electron chi connectivity index (χ3n) is 4.23. The van der Waals surface area contributed by atoms with Crippen molar-refractivity contribution in [3.63, 3.8) is 0 Å². The molecule has 7 heteroatoms. The van der Waals surface area contributed by atoms with Gasteiger partial charge in [-0.25, -0.2) is 4.98 Å². The number of aromatic nitrogens is 3. The fraction of sp³-hybridized carbons (Fsp3) is 0.474. The Hall–Kier alpha value is -2.70. The molecular formula is C19H25N5O2. The lowest BCUT2D eigenvalue weighted by Crippen LogP contribution is -2.42. The van der Waals surface area contributed by atoms with Crippen molar-refractivity contribution in [2.45, 2.75) is 58.7 Å². The molecule has 3 rings (SSSR count). The van der Waals surface area contributed by atoms with E-state index in [1.807, 2.05) is 37.5 Å². The van der Waals surface area contributed by atoms with Crippen molar-refractivity contribution in [3.8, 4) is 0 Å². The minimum atomic E-state index is -0.359. The molecule has 0 aliphatic carbocycles. The Kier molecular flexibility index (Phi) is 5.06. The van der Waals surface area contributed by atoms with Gasteiger partial charge in [0.2, 0.25) is 0 Å². The highest BCUT2D eigenvalue weighted by molar-refractivity contribution is 5.97. The predicted molar refractivity (Wildman–Crippen MR) is 97.8 cm³/mol. The number of pyridine rings is 1. The molecule has 0 fully saturated rings. The molecule has 0 unspecified atom stereocenters. The zero-order chi connectivity index (χ0) is 18.7. The standard InChI is InChI=1S/C19H25N5O2/c1-19(2,3)23-18(26)16-22-15(14-6-4-5-11-24(14)16)17(25)21-12-13-7-9-20-10-8-13/h7-10H,4-6,11-12H2,1-3H3,(H,21,25)(H,23,26). The minimum absolute atomic E-state index is 0.242. The molecule has 7 nitrogen and oxygen atoms in total. The summed E-state index contributed by atoms with van der Waals surface area (Å²) in [4.78, 5) is 33.7. The van der Waals surface area contributed by atoms with Crippen LogP contribution in [-0.4, -0.2) is 31.9 Å². The predicted octanol–water partition coefficient (Wildman–Crippen LogP) is 2.07. The monoisotopic (exact) mass is 355 g/mol. The molecule has 2 aromatic rings. The molecule has 138 valence electrons. The van der Waals surface area contributed by atoms with Crippen LogP contribution in [0.1, 0.15) is 66.0 Å². The van der Waals surface area contributed by atoms with Crippen molar-refractivity contribution in [2.24, 2.45) is 0 Å². The average Bonchev–Trinajstić information content (AvgIpc) is 2.99. The van der Waals surface area contributed by atoms with Gasteiger partial charge >= 0.3 is 0 Å². The molecule has 2 aromatic heterocycles. The van der Waals surface area contributed by atoms with Crippen molar-refractivity contribution in [1.82, 2.24) is 25.2 Å². The zero-order valence-electron chi connectivity index (χ0n) is 15.5. The van der Waals surface area contributed by atoms with E-state index in [1.165, 1.54) is 0 Å². The van der Waals surface area contributed by atoms with E-state index in [1.54, 1.807) is 12.4 Å². The molecule has 0 aromatic carbocycles. The molecule has 1 aliphatic heterocycles. The molecule has 0 saturated heterocycles. The van der Waals surface area contributed by atoms with Gasteiger partial charge in [0, 0.05) is 31.0 Å². The quantitative estimate of drug-likeness (QED) is 0.879. The van der Waals surface area contributed by atoms with Crippen molar-refractivity contribution < 1.29 is 9.59 Å². The van der Waals surface area contributed by atoms with Gasteiger partial charge in [0.1, 0.15) is 5.69 Å². The Balaban J connectivity index is 1.82. The number of rotatable bonds is 4. The fourth-order valence-electron chi connectivity index (χ4n) is 3.06. The number of nitrogens with one attached hydrogen (secondary N) is 2. The summed E-state index contributed by atoms with van der Waals surface area (Å²) in [7, 11) is 0. The van der Waals surface area contributed by atoms with Crippen LogP contribution in [0.5, 0.6) is 0 Å². The van der Waals surface area contributed by atoms with Crippen LogP contribution < -0.4 is 10.6 Å². The molecule has 0 bridgehead atoms. The normalized spacial score (nSPS) is 13.8. The third-order valence-corrected chi connectivity index (χ3v) is 4.23. The van der Waals surface area contributed by atoms with Crippen molar-refractivity contribution in [3.05, 3.63) is 47.3 Å². The summed E-state index contributed by atoms with van der Waals surface area (Å²) in [5, 5.41) is 5.83. The molecule has 0 atom stereocenters. The van der Waals surface area contributed by atoms with Crippen LogP contribution in [0.25, 0.3) is 0 Å². The number of fused-ring (bicyclic) bond motifs is 1. The van der Waals surface area contributed by atoms with E-state index >= 15 is 0 Å². The second kappa shape index (κ2) is 7.27. The van der Waals surface area contributed by atoms with E-state index in [0.717, 1.165) is 30.5 Å².